The zero-order valence-corrected chi connectivity index (χ0v) is 10.5. The molecule has 1 aromatic rings. The second-order valence-electron chi connectivity index (χ2n) is 3.71. The lowest BCUT2D eigenvalue weighted by molar-refractivity contribution is 0.199. The van der Waals surface area contributed by atoms with Gasteiger partial charge in [0, 0.05) is 23.4 Å². The summed E-state index contributed by atoms with van der Waals surface area (Å²) >= 11 is 1.92. The molecule has 0 fully saturated rings. The minimum atomic E-state index is 0.810. The largest absolute Gasteiger partial charge is 0.383 e. The number of nitrogens with one attached hydrogen (secondary N) is 1. The molecule has 15 heavy (non-hydrogen) atoms. The Kier molecular flexibility index (Phi) is 6.64. The molecule has 0 aliphatic heterocycles. The van der Waals surface area contributed by atoms with Crippen LogP contribution < -0.4 is 5.32 Å². The fourth-order valence-corrected chi connectivity index (χ4v) is 2.40. The molecule has 0 atom stereocenters. The number of thiophene rings is 1. The van der Waals surface area contributed by atoms with Gasteiger partial charge in [-0.3, -0.25) is 0 Å². The number of rotatable bonds is 8. The molecular formula is C12H21NOS. The van der Waals surface area contributed by atoms with Crippen molar-refractivity contribution in [3.8, 4) is 0 Å². The number of unbranched alkanes of at least 4 members (excludes halogenated alkanes) is 1. The van der Waals surface area contributed by atoms with E-state index in [0.717, 1.165) is 19.7 Å². The molecule has 0 radical (unpaired) electrons. The molecule has 0 saturated carbocycles. The lowest BCUT2D eigenvalue weighted by atomic mass is 10.2. The average molecular weight is 227 g/mol. The van der Waals surface area contributed by atoms with Crippen LogP contribution in [-0.2, 0) is 11.2 Å². The highest BCUT2D eigenvalue weighted by atomic mass is 32.1. The maximum absolute atomic E-state index is 4.96. The van der Waals surface area contributed by atoms with Crippen LogP contribution in [0.15, 0.2) is 12.1 Å². The molecule has 86 valence electrons. The topological polar surface area (TPSA) is 21.3 Å². The molecule has 0 aromatic carbocycles. The molecule has 3 heteroatoms. The Hall–Kier alpha value is -0.380. The van der Waals surface area contributed by atoms with Gasteiger partial charge in [0.25, 0.3) is 0 Å². The predicted molar refractivity (Wildman–Crippen MR) is 66.7 cm³/mol. The quantitative estimate of drug-likeness (QED) is 0.689. The molecule has 0 unspecified atom stereocenters. The second-order valence-corrected chi connectivity index (χ2v) is 5.08. The summed E-state index contributed by atoms with van der Waals surface area (Å²) in [5.41, 5.74) is 0. The fraction of sp³-hybridized carbons (Fsp3) is 0.667. The third-order valence-corrected chi connectivity index (χ3v) is 3.37. The van der Waals surface area contributed by atoms with Gasteiger partial charge in [-0.1, -0.05) is 0 Å². The minimum absolute atomic E-state index is 0.810. The van der Waals surface area contributed by atoms with E-state index in [1.165, 1.54) is 29.0 Å². The Balaban J connectivity index is 1.93. The lowest BCUT2D eigenvalue weighted by Gasteiger charge is -2.02. The molecule has 1 aromatic heterocycles. The van der Waals surface area contributed by atoms with Crippen LogP contribution in [-0.4, -0.2) is 26.8 Å². The summed E-state index contributed by atoms with van der Waals surface area (Å²) in [5.74, 6) is 0. The zero-order valence-electron chi connectivity index (χ0n) is 9.71. The second kappa shape index (κ2) is 7.85. The van der Waals surface area contributed by atoms with E-state index in [0.29, 0.717) is 0 Å². The van der Waals surface area contributed by atoms with Crippen LogP contribution in [0.2, 0.25) is 0 Å². The SMILES string of the molecule is COCCNCCCCc1ccc(C)s1. The van der Waals surface area contributed by atoms with Crippen molar-refractivity contribution in [3.63, 3.8) is 0 Å². The molecule has 0 aliphatic carbocycles. The van der Waals surface area contributed by atoms with Crippen LogP contribution in [0.3, 0.4) is 0 Å². The summed E-state index contributed by atoms with van der Waals surface area (Å²) in [4.78, 5) is 2.94. The van der Waals surface area contributed by atoms with E-state index in [2.05, 4.69) is 24.4 Å². The Morgan fingerprint density at radius 1 is 1.27 bits per heavy atom. The van der Waals surface area contributed by atoms with Gasteiger partial charge in [-0.05, 0) is 44.9 Å². The number of hydrogen-bond acceptors (Lipinski definition) is 3. The maximum atomic E-state index is 4.96. The van der Waals surface area contributed by atoms with Crippen molar-refractivity contribution in [3.05, 3.63) is 21.9 Å². The smallest absolute Gasteiger partial charge is 0.0587 e. The molecule has 1 rings (SSSR count). The van der Waals surface area contributed by atoms with Crippen LogP contribution in [0.1, 0.15) is 22.6 Å². The summed E-state index contributed by atoms with van der Waals surface area (Å²) in [5, 5.41) is 3.36. The summed E-state index contributed by atoms with van der Waals surface area (Å²) in [6.07, 6.45) is 3.76. The van der Waals surface area contributed by atoms with Gasteiger partial charge in [0.2, 0.25) is 0 Å². The van der Waals surface area contributed by atoms with Crippen molar-refractivity contribution >= 4 is 11.3 Å². The van der Waals surface area contributed by atoms with Gasteiger partial charge >= 0.3 is 0 Å². The number of methoxy groups -OCH3 is 1. The summed E-state index contributed by atoms with van der Waals surface area (Å²) < 4.78 is 4.96. The van der Waals surface area contributed by atoms with E-state index in [-0.39, 0.29) is 0 Å². The standard InChI is InChI=1S/C12H21NOS/c1-11-6-7-12(15-11)5-3-4-8-13-9-10-14-2/h6-7,13H,3-5,8-10H2,1-2H3. The molecular weight excluding hydrogens is 206 g/mol. The van der Waals surface area contributed by atoms with E-state index in [9.17, 15) is 0 Å². The lowest BCUT2D eigenvalue weighted by Crippen LogP contribution is -2.20. The maximum Gasteiger partial charge on any atom is 0.0587 e. The first-order valence-corrected chi connectivity index (χ1v) is 6.39. The molecule has 1 heterocycles. The highest BCUT2D eigenvalue weighted by Gasteiger charge is 1.96. The first-order chi connectivity index (χ1) is 7.33. The normalized spacial score (nSPS) is 10.8. The zero-order chi connectivity index (χ0) is 10.9. The predicted octanol–water partition coefficient (Wildman–Crippen LogP) is 2.62. The highest BCUT2D eigenvalue weighted by Crippen LogP contribution is 2.16. The summed E-state index contributed by atoms with van der Waals surface area (Å²) in [7, 11) is 1.74. The van der Waals surface area contributed by atoms with Crippen LogP contribution in [0, 0.1) is 6.92 Å². The van der Waals surface area contributed by atoms with Gasteiger partial charge in [0.15, 0.2) is 0 Å². The number of aryl methyl sites for hydroxylation is 2. The van der Waals surface area contributed by atoms with E-state index < -0.39 is 0 Å². The third-order valence-electron chi connectivity index (χ3n) is 2.31. The Morgan fingerprint density at radius 2 is 2.13 bits per heavy atom. The van der Waals surface area contributed by atoms with Crippen molar-refractivity contribution < 1.29 is 4.74 Å². The average Bonchev–Trinajstić information content (AvgIpc) is 2.63. The van der Waals surface area contributed by atoms with Crippen LogP contribution >= 0.6 is 11.3 Å². The first kappa shape index (κ1) is 12.7. The first-order valence-electron chi connectivity index (χ1n) is 5.58. The summed E-state index contributed by atoms with van der Waals surface area (Å²) in [6, 6.07) is 4.45. The van der Waals surface area contributed by atoms with Gasteiger partial charge in [-0.2, -0.15) is 0 Å². The van der Waals surface area contributed by atoms with Crippen molar-refractivity contribution in [1.29, 1.82) is 0 Å². The summed E-state index contributed by atoms with van der Waals surface area (Å²) in [6.45, 7) is 5.05. The van der Waals surface area contributed by atoms with Gasteiger partial charge in [0.1, 0.15) is 0 Å². The molecule has 0 amide bonds. The molecule has 0 bridgehead atoms. The van der Waals surface area contributed by atoms with Crippen molar-refractivity contribution in [2.24, 2.45) is 0 Å². The molecule has 0 spiro atoms. The van der Waals surface area contributed by atoms with E-state index >= 15 is 0 Å². The van der Waals surface area contributed by atoms with Gasteiger partial charge < -0.3 is 10.1 Å². The molecule has 0 saturated heterocycles. The van der Waals surface area contributed by atoms with Gasteiger partial charge in [-0.15, -0.1) is 11.3 Å². The monoisotopic (exact) mass is 227 g/mol. The van der Waals surface area contributed by atoms with Gasteiger partial charge in [0.05, 0.1) is 6.61 Å². The van der Waals surface area contributed by atoms with Crippen molar-refractivity contribution in [2.45, 2.75) is 26.2 Å². The Bertz CT molecular complexity index is 260. The van der Waals surface area contributed by atoms with E-state index in [1.807, 2.05) is 11.3 Å². The number of hydrogen-bond donors (Lipinski definition) is 1. The van der Waals surface area contributed by atoms with Gasteiger partial charge in [-0.25, -0.2) is 0 Å². The molecule has 1 N–H and O–H groups in total. The third kappa shape index (κ3) is 5.92. The minimum Gasteiger partial charge on any atom is -0.383 e. The number of ether oxygens (including phenoxy) is 1. The molecule has 2 nitrogen and oxygen atoms in total. The van der Waals surface area contributed by atoms with Crippen molar-refractivity contribution in [2.75, 3.05) is 26.8 Å². The van der Waals surface area contributed by atoms with E-state index in [4.69, 9.17) is 4.74 Å². The highest BCUT2D eigenvalue weighted by molar-refractivity contribution is 7.11. The van der Waals surface area contributed by atoms with Crippen LogP contribution in [0.4, 0.5) is 0 Å². The molecule has 0 aliphatic rings. The van der Waals surface area contributed by atoms with Crippen molar-refractivity contribution in [1.82, 2.24) is 5.32 Å². The van der Waals surface area contributed by atoms with Crippen LogP contribution in [0.5, 0.6) is 0 Å². The van der Waals surface area contributed by atoms with E-state index in [1.54, 1.807) is 7.11 Å². The Morgan fingerprint density at radius 3 is 2.80 bits per heavy atom. The van der Waals surface area contributed by atoms with Crippen LogP contribution in [0.25, 0.3) is 0 Å². The Labute approximate surface area is 96.7 Å². The fourth-order valence-electron chi connectivity index (χ4n) is 1.47.